The van der Waals surface area contributed by atoms with Crippen LogP contribution in [0.25, 0.3) is 0 Å². The molecular weight excluding hydrogens is 539 g/mol. The number of alkyl halides is 1. The molecule has 0 aromatic heterocycles. The lowest BCUT2D eigenvalue weighted by atomic mass is 9.98. The zero-order chi connectivity index (χ0) is 28.9. The minimum Gasteiger partial charge on any atom is -0.452 e. The highest BCUT2D eigenvalue weighted by Crippen LogP contribution is 2.40. The Morgan fingerprint density at radius 3 is 2.05 bits per heavy atom. The van der Waals surface area contributed by atoms with Crippen molar-refractivity contribution in [1.82, 2.24) is 4.90 Å². The summed E-state index contributed by atoms with van der Waals surface area (Å²) < 4.78 is 37.4. The third kappa shape index (κ3) is 6.89. The quantitative estimate of drug-likeness (QED) is 0.260. The van der Waals surface area contributed by atoms with Gasteiger partial charge in [-0.05, 0) is 45.0 Å². The predicted molar refractivity (Wildman–Crippen MR) is 148 cm³/mol. The number of halogens is 1. The molecular formula is C29H31FN2O7S. The van der Waals surface area contributed by atoms with E-state index in [-0.39, 0.29) is 22.8 Å². The van der Waals surface area contributed by atoms with E-state index in [2.05, 4.69) is 11.6 Å². The van der Waals surface area contributed by atoms with E-state index in [1.807, 2.05) is 0 Å². The van der Waals surface area contributed by atoms with Crippen molar-refractivity contribution in [2.24, 2.45) is 4.99 Å². The van der Waals surface area contributed by atoms with Gasteiger partial charge in [0.25, 0.3) is 0 Å². The molecule has 2 aromatic carbocycles. The van der Waals surface area contributed by atoms with Gasteiger partial charge in [0, 0.05) is 6.54 Å². The maximum absolute atomic E-state index is 14.4. The lowest BCUT2D eigenvalue weighted by molar-refractivity contribution is -0.161. The van der Waals surface area contributed by atoms with Gasteiger partial charge in [-0.2, -0.15) is 0 Å². The molecule has 1 fully saturated rings. The minimum absolute atomic E-state index is 0.0770. The Kier molecular flexibility index (Phi) is 9.26. The standard InChI is InChI=1S/C29H31FN2O7S/c1-5-16-32(28(35)39-29(2,3)4)27-31-21-23(38-25(34)19-14-10-7-11-15-19)22(20(17-30)36-26(21)40-27)37-24(33)18-12-8-6-9-13-18/h5-15,20-23,26H,1,16-17H2,2-4H3/t20-,21-,22-,23-,26-/m1/s1. The molecule has 40 heavy (non-hydrogen) atoms. The van der Waals surface area contributed by atoms with Crippen LogP contribution < -0.4 is 0 Å². The average Bonchev–Trinajstić information content (AvgIpc) is 3.36. The number of rotatable bonds is 7. The van der Waals surface area contributed by atoms with Crippen LogP contribution in [0, 0.1) is 0 Å². The van der Waals surface area contributed by atoms with Crippen LogP contribution in [-0.4, -0.2) is 76.7 Å². The molecule has 1 amide bonds. The van der Waals surface area contributed by atoms with Gasteiger partial charge in [-0.3, -0.25) is 9.89 Å². The lowest BCUT2D eigenvalue weighted by Crippen LogP contribution is -2.58. The molecule has 5 atom stereocenters. The number of amides is 1. The molecule has 4 rings (SSSR count). The largest absolute Gasteiger partial charge is 0.452 e. The zero-order valence-corrected chi connectivity index (χ0v) is 23.2. The first-order valence-corrected chi connectivity index (χ1v) is 13.6. The van der Waals surface area contributed by atoms with E-state index in [0.29, 0.717) is 0 Å². The molecule has 0 saturated carbocycles. The van der Waals surface area contributed by atoms with Gasteiger partial charge >= 0.3 is 18.0 Å². The first-order chi connectivity index (χ1) is 19.1. The second-order valence-electron chi connectivity index (χ2n) is 10.1. The second kappa shape index (κ2) is 12.6. The third-order valence-electron chi connectivity index (χ3n) is 5.91. The summed E-state index contributed by atoms with van der Waals surface area (Å²) in [5, 5.41) is 0.220. The van der Waals surface area contributed by atoms with E-state index in [1.54, 1.807) is 81.4 Å². The van der Waals surface area contributed by atoms with E-state index in [0.717, 1.165) is 11.8 Å². The Balaban J connectivity index is 1.68. The first kappa shape index (κ1) is 29.3. The van der Waals surface area contributed by atoms with Crippen molar-refractivity contribution in [2.45, 2.75) is 56.2 Å². The Morgan fingerprint density at radius 2 is 1.55 bits per heavy atom. The number of hydrogen-bond donors (Lipinski definition) is 0. The molecule has 212 valence electrons. The van der Waals surface area contributed by atoms with Crippen molar-refractivity contribution < 1.29 is 37.7 Å². The van der Waals surface area contributed by atoms with Crippen LogP contribution in [0.2, 0.25) is 0 Å². The fraction of sp³-hybridized carbons (Fsp3) is 0.379. The Labute approximate surface area is 236 Å². The number of amidine groups is 1. The SMILES string of the molecule is C=CCN(C(=O)OC(C)(C)C)C1=N[C@@H]2[C@@H](OC(=O)c3ccccc3)[C@H](OC(=O)c3ccccc3)[C@@H](CF)O[C@@H]2S1. The van der Waals surface area contributed by atoms with Crippen molar-refractivity contribution in [1.29, 1.82) is 0 Å². The second-order valence-corrected chi connectivity index (χ2v) is 11.1. The Hall–Kier alpha value is -3.70. The van der Waals surface area contributed by atoms with Gasteiger partial charge in [0.1, 0.15) is 29.9 Å². The summed E-state index contributed by atoms with van der Waals surface area (Å²) in [4.78, 5) is 45.0. The van der Waals surface area contributed by atoms with Gasteiger partial charge in [0.15, 0.2) is 17.4 Å². The molecule has 0 aliphatic carbocycles. The highest BCUT2D eigenvalue weighted by Gasteiger charge is 2.54. The molecule has 1 saturated heterocycles. The van der Waals surface area contributed by atoms with Crippen LogP contribution >= 0.6 is 11.8 Å². The number of fused-ring (bicyclic) bond motifs is 1. The Bertz CT molecular complexity index is 1250. The summed E-state index contributed by atoms with van der Waals surface area (Å²) in [5.74, 6) is -1.43. The summed E-state index contributed by atoms with van der Waals surface area (Å²) in [6, 6.07) is 15.5. The van der Waals surface area contributed by atoms with Gasteiger partial charge in [0.2, 0.25) is 0 Å². The van der Waals surface area contributed by atoms with E-state index in [9.17, 15) is 18.8 Å². The molecule has 0 bridgehead atoms. The van der Waals surface area contributed by atoms with Crippen molar-refractivity contribution in [3.63, 3.8) is 0 Å². The van der Waals surface area contributed by atoms with Gasteiger partial charge < -0.3 is 18.9 Å². The average molecular weight is 571 g/mol. The number of carbonyl (C=O) groups excluding carboxylic acids is 3. The molecule has 0 unspecified atom stereocenters. The van der Waals surface area contributed by atoms with Crippen LogP contribution in [0.15, 0.2) is 78.3 Å². The van der Waals surface area contributed by atoms with Crippen molar-refractivity contribution in [3.8, 4) is 0 Å². The highest BCUT2D eigenvalue weighted by atomic mass is 32.2. The highest BCUT2D eigenvalue weighted by molar-refractivity contribution is 8.14. The lowest BCUT2D eigenvalue weighted by Gasteiger charge is -2.40. The summed E-state index contributed by atoms with van der Waals surface area (Å²) in [7, 11) is 0. The van der Waals surface area contributed by atoms with Crippen LogP contribution in [-0.2, 0) is 18.9 Å². The topological polar surface area (TPSA) is 104 Å². The molecule has 2 aliphatic heterocycles. The molecule has 9 nitrogen and oxygen atoms in total. The van der Waals surface area contributed by atoms with E-state index in [4.69, 9.17) is 18.9 Å². The van der Waals surface area contributed by atoms with Crippen LogP contribution in [0.5, 0.6) is 0 Å². The molecule has 2 aliphatic rings. The third-order valence-corrected chi connectivity index (χ3v) is 7.07. The van der Waals surface area contributed by atoms with Gasteiger partial charge in [-0.25, -0.2) is 18.8 Å². The normalized spacial score (nSPS) is 23.8. The van der Waals surface area contributed by atoms with Crippen LogP contribution in [0.1, 0.15) is 41.5 Å². The van der Waals surface area contributed by atoms with Crippen molar-refractivity contribution in [3.05, 3.63) is 84.4 Å². The maximum Gasteiger partial charge on any atom is 0.416 e. The number of aliphatic imine (C=N–C) groups is 1. The molecule has 11 heteroatoms. The monoisotopic (exact) mass is 570 g/mol. The fourth-order valence-corrected chi connectivity index (χ4v) is 5.35. The predicted octanol–water partition coefficient (Wildman–Crippen LogP) is 5.03. The summed E-state index contributed by atoms with van der Waals surface area (Å²) in [6.45, 7) is 7.97. The summed E-state index contributed by atoms with van der Waals surface area (Å²) in [5.41, 5.74) is -1.10. The number of thioether (sulfide) groups is 1. The van der Waals surface area contributed by atoms with Crippen LogP contribution in [0.4, 0.5) is 9.18 Å². The zero-order valence-electron chi connectivity index (χ0n) is 22.4. The van der Waals surface area contributed by atoms with Gasteiger partial charge in [-0.15, -0.1) is 6.58 Å². The number of benzene rings is 2. The number of esters is 2. The number of hydrogen-bond acceptors (Lipinski definition) is 9. The first-order valence-electron chi connectivity index (χ1n) is 12.7. The molecule has 0 N–H and O–H groups in total. The van der Waals surface area contributed by atoms with Crippen molar-refractivity contribution >= 4 is 35.0 Å². The van der Waals surface area contributed by atoms with Gasteiger partial charge in [-0.1, -0.05) is 54.2 Å². The van der Waals surface area contributed by atoms with Crippen molar-refractivity contribution in [2.75, 3.05) is 13.2 Å². The Morgan fingerprint density at radius 1 is 1.00 bits per heavy atom. The van der Waals surface area contributed by atoms with Gasteiger partial charge in [0.05, 0.1) is 11.1 Å². The molecule has 0 spiro atoms. The van der Waals surface area contributed by atoms with Crippen LogP contribution in [0.3, 0.4) is 0 Å². The summed E-state index contributed by atoms with van der Waals surface area (Å²) >= 11 is 1.07. The van der Waals surface area contributed by atoms with E-state index < -0.39 is 60.1 Å². The number of carbonyl (C=O) groups is 3. The number of nitrogens with zero attached hydrogens (tertiary/aromatic N) is 2. The number of ether oxygens (including phenoxy) is 4. The molecule has 2 heterocycles. The minimum atomic E-state index is -1.32. The molecule has 0 radical (unpaired) electrons. The maximum atomic E-state index is 14.4. The smallest absolute Gasteiger partial charge is 0.416 e. The van der Waals surface area contributed by atoms with E-state index in [1.165, 1.54) is 11.0 Å². The molecule has 2 aromatic rings. The summed E-state index contributed by atoms with van der Waals surface area (Å²) in [6.07, 6.45) is -2.93. The van der Waals surface area contributed by atoms with E-state index >= 15 is 0 Å². The fourth-order valence-electron chi connectivity index (χ4n) is 4.13.